The van der Waals surface area contributed by atoms with Gasteiger partial charge in [0.1, 0.15) is 4.88 Å². The van der Waals surface area contributed by atoms with E-state index in [1.54, 1.807) is 14.2 Å². The van der Waals surface area contributed by atoms with Gasteiger partial charge in [0.15, 0.2) is 0 Å². The first-order valence-corrected chi connectivity index (χ1v) is 8.35. The molecule has 1 aliphatic carbocycles. The minimum absolute atomic E-state index is 0.0101. The molecule has 122 valence electrons. The van der Waals surface area contributed by atoms with Gasteiger partial charge in [-0.15, -0.1) is 0 Å². The molecule has 1 spiro atoms. The summed E-state index contributed by atoms with van der Waals surface area (Å²) in [4.78, 5) is 19.4. The molecule has 0 radical (unpaired) electrons. The molecule has 1 N–H and O–H groups in total. The number of rotatable bonds is 3. The van der Waals surface area contributed by atoms with Gasteiger partial charge in [0.25, 0.3) is 11.1 Å². The summed E-state index contributed by atoms with van der Waals surface area (Å²) in [7, 11) is 3.25. The standard InChI is InChI=1S/C15H22N2O4S/c1-9-12(22-14(16-9)21-3)13(19)17-6-4-15(5-7-17)10(18)8-11(15)20-2/h10-11,18H,4-8H2,1-3H3/t10-,11+/m1/s1. The molecule has 7 heteroatoms. The Morgan fingerprint density at radius 2 is 2.09 bits per heavy atom. The van der Waals surface area contributed by atoms with E-state index >= 15 is 0 Å². The Morgan fingerprint density at radius 1 is 1.41 bits per heavy atom. The topological polar surface area (TPSA) is 71.9 Å². The molecule has 0 aromatic carbocycles. The van der Waals surface area contributed by atoms with Gasteiger partial charge < -0.3 is 19.5 Å². The van der Waals surface area contributed by atoms with Crippen molar-refractivity contribution in [3.8, 4) is 5.19 Å². The summed E-state index contributed by atoms with van der Waals surface area (Å²) in [6.45, 7) is 3.12. The summed E-state index contributed by atoms with van der Waals surface area (Å²) in [5.74, 6) is 0.0101. The number of amides is 1. The van der Waals surface area contributed by atoms with E-state index in [0.29, 0.717) is 35.3 Å². The molecule has 22 heavy (non-hydrogen) atoms. The van der Waals surface area contributed by atoms with Crippen molar-refractivity contribution < 1.29 is 19.4 Å². The SMILES string of the molecule is COc1nc(C)c(C(=O)N2CCC3(CC2)[C@H](O)C[C@@H]3OC)s1. The minimum atomic E-state index is -0.306. The maximum atomic E-state index is 12.6. The van der Waals surface area contributed by atoms with E-state index in [1.807, 2.05) is 11.8 Å². The zero-order valence-corrected chi connectivity index (χ0v) is 14.0. The molecule has 0 bridgehead atoms. The van der Waals surface area contributed by atoms with Gasteiger partial charge in [-0.2, -0.15) is 0 Å². The second-order valence-corrected chi connectivity index (χ2v) is 7.06. The number of methoxy groups -OCH3 is 2. The molecular weight excluding hydrogens is 304 g/mol. The molecule has 3 rings (SSSR count). The van der Waals surface area contributed by atoms with Crippen LogP contribution in [-0.2, 0) is 4.74 Å². The maximum absolute atomic E-state index is 12.6. The van der Waals surface area contributed by atoms with Crippen LogP contribution in [0.1, 0.15) is 34.6 Å². The van der Waals surface area contributed by atoms with Gasteiger partial charge >= 0.3 is 0 Å². The lowest BCUT2D eigenvalue weighted by atomic mass is 9.58. The second-order valence-electron chi connectivity index (χ2n) is 6.10. The number of nitrogens with zero attached hydrogens (tertiary/aromatic N) is 2. The Balaban J connectivity index is 1.68. The summed E-state index contributed by atoms with van der Waals surface area (Å²) in [6, 6.07) is 0. The summed E-state index contributed by atoms with van der Waals surface area (Å²) >= 11 is 1.29. The van der Waals surface area contributed by atoms with Gasteiger partial charge in [-0.25, -0.2) is 4.98 Å². The number of ether oxygens (including phenoxy) is 2. The number of aryl methyl sites for hydroxylation is 1. The predicted molar refractivity (Wildman–Crippen MR) is 82.4 cm³/mol. The summed E-state index contributed by atoms with van der Waals surface area (Å²) in [5, 5.41) is 10.7. The third kappa shape index (κ3) is 2.31. The fourth-order valence-electron chi connectivity index (χ4n) is 3.64. The number of aliphatic hydroxyl groups excluding tert-OH is 1. The molecule has 2 heterocycles. The van der Waals surface area contributed by atoms with Crippen LogP contribution in [-0.4, -0.2) is 60.4 Å². The van der Waals surface area contributed by atoms with Gasteiger partial charge in [0, 0.05) is 32.0 Å². The zero-order chi connectivity index (χ0) is 15.9. The Kier molecular flexibility index (Phi) is 4.13. The second kappa shape index (κ2) is 5.79. The highest BCUT2D eigenvalue weighted by molar-refractivity contribution is 7.15. The van der Waals surface area contributed by atoms with Gasteiger partial charge in [-0.1, -0.05) is 11.3 Å². The number of piperidine rings is 1. The van der Waals surface area contributed by atoms with Gasteiger partial charge in [0.05, 0.1) is 25.0 Å². The maximum Gasteiger partial charge on any atom is 0.273 e. The lowest BCUT2D eigenvalue weighted by molar-refractivity contribution is -0.199. The zero-order valence-electron chi connectivity index (χ0n) is 13.2. The minimum Gasteiger partial charge on any atom is -0.473 e. The van der Waals surface area contributed by atoms with Crippen molar-refractivity contribution >= 4 is 17.2 Å². The van der Waals surface area contributed by atoms with Crippen molar-refractivity contribution in [1.29, 1.82) is 0 Å². The average Bonchev–Trinajstić information content (AvgIpc) is 2.92. The third-order valence-electron chi connectivity index (χ3n) is 5.15. The lowest BCUT2D eigenvalue weighted by Gasteiger charge is -2.56. The van der Waals surface area contributed by atoms with Crippen LogP contribution in [0.5, 0.6) is 5.19 Å². The Bertz CT molecular complexity index is 566. The highest BCUT2D eigenvalue weighted by Gasteiger charge is 2.56. The number of thiazole rings is 1. The van der Waals surface area contributed by atoms with Crippen LogP contribution in [0.2, 0.25) is 0 Å². The molecule has 1 aliphatic heterocycles. The summed E-state index contributed by atoms with van der Waals surface area (Å²) in [6.07, 6.45) is 2.08. The van der Waals surface area contributed by atoms with Crippen molar-refractivity contribution in [3.05, 3.63) is 10.6 Å². The predicted octanol–water partition coefficient (Wildman–Crippen LogP) is 1.46. The van der Waals surface area contributed by atoms with E-state index in [-0.39, 0.29) is 23.5 Å². The number of likely N-dealkylation sites (tertiary alicyclic amines) is 1. The number of aliphatic hydroxyl groups is 1. The molecule has 1 saturated carbocycles. The normalized spacial score (nSPS) is 26.8. The van der Waals surface area contributed by atoms with Crippen molar-refractivity contribution in [2.75, 3.05) is 27.3 Å². The fraction of sp³-hybridized carbons (Fsp3) is 0.733. The van der Waals surface area contributed by atoms with Crippen molar-refractivity contribution in [1.82, 2.24) is 9.88 Å². The number of aromatic nitrogens is 1. The average molecular weight is 326 g/mol. The van der Waals surface area contributed by atoms with Crippen LogP contribution in [0.4, 0.5) is 0 Å². The van der Waals surface area contributed by atoms with Gasteiger partial charge in [-0.05, 0) is 19.8 Å². The van der Waals surface area contributed by atoms with Crippen molar-refractivity contribution in [2.24, 2.45) is 5.41 Å². The number of carbonyl (C=O) groups excluding carboxylic acids is 1. The first-order chi connectivity index (χ1) is 10.5. The lowest BCUT2D eigenvalue weighted by Crippen LogP contribution is -2.62. The van der Waals surface area contributed by atoms with E-state index in [0.717, 1.165) is 12.8 Å². The van der Waals surface area contributed by atoms with Gasteiger partial charge in [0.2, 0.25) is 0 Å². The van der Waals surface area contributed by atoms with Crippen molar-refractivity contribution in [3.63, 3.8) is 0 Å². The molecule has 6 nitrogen and oxygen atoms in total. The highest BCUT2D eigenvalue weighted by atomic mass is 32.1. The Morgan fingerprint density at radius 3 is 2.59 bits per heavy atom. The molecule has 1 saturated heterocycles. The van der Waals surface area contributed by atoms with Crippen molar-refractivity contribution in [2.45, 2.75) is 38.4 Å². The molecular formula is C15H22N2O4S. The summed E-state index contributed by atoms with van der Waals surface area (Å²) in [5.41, 5.74) is 0.553. The van der Waals surface area contributed by atoms with E-state index in [9.17, 15) is 9.90 Å². The molecule has 2 aliphatic rings. The first-order valence-electron chi connectivity index (χ1n) is 7.53. The quantitative estimate of drug-likeness (QED) is 0.910. The molecule has 1 aromatic heterocycles. The fourth-order valence-corrected chi connectivity index (χ4v) is 4.49. The van der Waals surface area contributed by atoms with E-state index < -0.39 is 0 Å². The molecule has 1 aromatic rings. The monoisotopic (exact) mass is 326 g/mol. The third-order valence-corrected chi connectivity index (χ3v) is 6.26. The van der Waals surface area contributed by atoms with Crippen LogP contribution in [0.3, 0.4) is 0 Å². The number of carbonyl (C=O) groups is 1. The van der Waals surface area contributed by atoms with E-state index in [2.05, 4.69) is 4.98 Å². The largest absolute Gasteiger partial charge is 0.473 e. The summed E-state index contributed by atoms with van der Waals surface area (Å²) < 4.78 is 10.6. The van der Waals surface area contributed by atoms with E-state index in [1.165, 1.54) is 11.3 Å². The van der Waals surface area contributed by atoms with Crippen LogP contribution in [0.25, 0.3) is 0 Å². The van der Waals surface area contributed by atoms with Crippen LogP contribution < -0.4 is 4.74 Å². The highest BCUT2D eigenvalue weighted by Crippen LogP contribution is 2.50. The molecule has 2 fully saturated rings. The number of hydrogen-bond acceptors (Lipinski definition) is 6. The smallest absolute Gasteiger partial charge is 0.273 e. The van der Waals surface area contributed by atoms with Gasteiger partial charge in [-0.3, -0.25) is 4.79 Å². The molecule has 1 amide bonds. The van der Waals surface area contributed by atoms with Crippen LogP contribution in [0, 0.1) is 12.3 Å². The van der Waals surface area contributed by atoms with Crippen LogP contribution >= 0.6 is 11.3 Å². The van der Waals surface area contributed by atoms with Crippen LogP contribution in [0.15, 0.2) is 0 Å². The Labute approximate surface area is 134 Å². The number of hydrogen-bond donors (Lipinski definition) is 1. The first kappa shape index (κ1) is 15.7. The molecule has 0 unspecified atom stereocenters. The Hall–Kier alpha value is -1.18. The van der Waals surface area contributed by atoms with E-state index in [4.69, 9.17) is 9.47 Å². The molecule has 2 atom stereocenters.